The molecule has 130 valence electrons. The lowest BCUT2D eigenvalue weighted by Gasteiger charge is -2.29. The fraction of sp³-hybridized carbons (Fsp3) is 0.136. The number of amides is 2. The molecule has 0 unspecified atom stereocenters. The van der Waals surface area contributed by atoms with Crippen molar-refractivity contribution in [1.82, 2.24) is 0 Å². The van der Waals surface area contributed by atoms with Gasteiger partial charge in [0.1, 0.15) is 11.5 Å². The highest BCUT2D eigenvalue weighted by Gasteiger charge is 2.22. The monoisotopic (exact) mass is 344 g/mol. The number of carbonyl (C=O) groups excluding carboxylic acids is 1. The van der Waals surface area contributed by atoms with Gasteiger partial charge in [-0.3, -0.25) is 4.90 Å². The number of hydrogen-bond donors (Lipinski definition) is 1. The maximum atomic E-state index is 12.7. The molecular weight excluding hydrogens is 324 g/mol. The molecule has 0 aliphatic carbocycles. The molecule has 0 atom stereocenters. The molecule has 0 radical (unpaired) electrons. The highest BCUT2D eigenvalue weighted by molar-refractivity contribution is 6.02. The second-order valence-electron chi connectivity index (χ2n) is 6.25. The van der Waals surface area contributed by atoms with E-state index in [2.05, 4.69) is 11.4 Å². The molecule has 0 saturated heterocycles. The van der Waals surface area contributed by atoms with E-state index in [4.69, 9.17) is 4.74 Å². The Labute approximate surface area is 153 Å². The number of nitrogens with one attached hydrogen (secondary N) is 1. The van der Waals surface area contributed by atoms with Crippen molar-refractivity contribution < 1.29 is 9.53 Å². The van der Waals surface area contributed by atoms with Gasteiger partial charge in [-0.05, 0) is 60.9 Å². The van der Waals surface area contributed by atoms with Crippen LogP contribution in [-0.2, 0) is 6.42 Å². The van der Waals surface area contributed by atoms with Gasteiger partial charge in [0.15, 0.2) is 0 Å². The minimum Gasteiger partial charge on any atom is -0.457 e. The zero-order valence-electron chi connectivity index (χ0n) is 14.4. The molecule has 0 saturated carbocycles. The van der Waals surface area contributed by atoms with Crippen LogP contribution in [-0.4, -0.2) is 12.6 Å². The van der Waals surface area contributed by atoms with Crippen molar-refractivity contribution in [3.05, 3.63) is 84.4 Å². The lowest BCUT2D eigenvalue weighted by atomic mass is 10.0. The highest BCUT2D eigenvalue weighted by atomic mass is 16.5. The maximum Gasteiger partial charge on any atom is 0.326 e. The standard InChI is InChI=1S/C22H20N2O2/c25-22(24-16-6-8-17-7-4-5-11-21(17)24)23-18-12-14-20(15-13-18)26-19-9-2-1-3-10-19/h1-5,7,9-15H,6,8,16H2,(H,23,25). The lowest BCUT2D eigenvalue weighted by Crippen LogP contribution is -2.38. The zero-order valence-corrected chi connectivity index (χ0v) is 14.4. The Morgan fingerprint density at radius 2 is 1.54 bits per heavy atom. The summed E-state index contributed by atoms with van der Waals surface area (Å²) >= 11 is 0. The number of nitrogens with zero attached hydrogens (tertiary/aromatic N) is 1. The van der Waals surface area contributed by atoms with E-state index in [0.29, 0.717) is 0 Å². The Kier molecular flexibility index (Phi) is 4.56. The van der Waals surface area contributed by atoms with E-state index in [9.17, 15) is 4.79 Å². The summed E-state index contributed by atoms with van der Waals surface area (Å²) in [6.07, 6.45) is 2.00. The predicted molar refractivity (Wildman–Crippen MR) is 104 cm³/mol. The quantitative estimate of drug-likeness (QED) is 0.685. The average Bonchev–Trinajstić information content (AvgIpc) is 2.70. The molecule has 2 amide bonds. The molecule has 26 heavy (non-hydrogen) atoms. The third kappa shape index (κ3) is 3.54. The van der Waals surface area contributed by atoms with E-state index in [-0.39, 0.29) is 6.03 Å². The second kappa shape index (κ2) is 7.31. The first-order valence-corrected chi connectivity index (χ1v) is 8.79. The van der Waals surface area contributed by atoms with Crippen LogP contribution in [0.4, 0.5) is 16.2 Å². The van der Waals surface area contributed by atoms with Crippen molar-refractivity contribution in [3.8, 4) is 11.5 Å². The van der Waals surface area contributed by atoms with E-state index >= 15 is 0 Å². The molecule has 3 aromatic rings. The van der Waals surface area contributed by atoms with Gasteiger partial charge in [0.2, 0.25) is 0 Å². The minimum absolute atomic E-state index is 0.103. The van der Waals surface area contributed by atoms with Crippen molar-refractivity contribution in [2.45, 2.75) is 12.8 Å². The summed E-state index contributed by atoms with van der Waals surface area (Å²) in [4.78, 5) is 14.5. The maximum absolute atomic E-state index is 12.7. The number of fused-ring (bicyclic) bond motifs is 1. The van der Waals surface area contributed by atoms with Gasteiger partial charge in [-0.1, -0.05) is 36.4 Å². The number of aryl methyl sites for hydroxylation is 1. The van der Waals surface area contributed by atoms with Crippen LogP contribution >= 0.6 is 0 Å². The number of para-hydroxylation sites is 2. The SMILES string of the molecule is O=C(Nc1ccc(Oc2ccccc2)cc1)N1CCCc2ccccc21. The van der Waals surface area contributed by atoms with Gasteiger partial charge in [0, 0.05) is 17.9 Å². The fourth-order valence-electron chi connectivity index (χ4n) is 3.17. The summed E-state index contributed by atoms with van der Waals surface area (Å²) in [5, 5.41) is 2.98. The Morgan fingerprint density at radius 1 is 0.846 bits per heavy atom. The summed E-state index contributed by atoms with van der Waals surface area (Å²) in [6, 6.07) is 25.0. The van der Waals surface area contributed by atoms with E-state index in [1.807, 2.05) is 77.7 Å². The number of benzene rings is 3. The van der Waals surface area contributed by atoms with Crippen LogP contribution in [0, 0.1) is 0 Å². The van der Waals surface area contributed by atoms with Crippen LogP contribution in [0.1, 0.15) is 12.0 Å². The molecule has 0 aromatic heterocycles. The topological polar surface area (TPSA) is 41.6 Å². The van der Waals surface area contributed by atoms with E-state index in [1.165, 1.54) is 5.56 Å². The lowest BCUT2D eigenvalue weighted by molar-refractivity contribution is 0.256. The number of anilines is 2. The normalized spacial score (nSPS) is 13.0. The van der Waals surface area contributed by atoms with Gasteiger partial charge in [0.25, 0.3) is 0 Å². The Hall–Kier alpha value is -3.27. The third-order valence-corrected chi connectivity index (χ3v) is 4.44. The first-order valence-electron chi connectivity index (χ1n) is 8.79. The molecule has 1 heterocycles. The van der Waals surface area contributed by atoms with Crippen LogP contribution < -0.4 is 15.0 Å². The molecule has 3 aromatic carbocycles. The summed E-state index contributed by atoms with van der Waals surface area (Å²) in [7, 11) is 0. The van der Waals surface area contributed by atoms with Crippen LogP contribution in [0.3, 0.4) is 0 Å². The molecular formula is C22H20N2O2. The van der Waals surface area contributed by atoms with Gasteiger partial charge in [0.05, 0.1) is 0 Å². The first-order chi connectivity index (χ1) is 12.8. The van der Waals surface area contributed by atoms with Crippen molar-refractivity contribution in [2.24, 2.45) is 0 Å². The van der Waals surface area contributed by atoms with Crippen LogP contribution in [0.2, 0.25) is 0 Å². The Morgan fingerprint density at radius 3 is 2.35 bits per heavy atom. The number of carbonyl (C=O) groups is 1. The van der Waals surface area contributed by atoms with Crippen LogP contribution in [0.25, 0.3) is 0 Å². The molecule has 1 aliphatic rings. The summed E-state index contributed by atoms with van der Waals surface area (Å²) < 4.78 is 5.78. The number of hydrogen-bond acceptors (Lipinski definition) is 2. The molecule has 0 spiro atoms. The smallest absolute Gasteiger partial charge is 0.326 e. The minimum atomic E-state index is -0.103. The van der Waals surface area contributed by atoms with Gasteiger partial charge in [-0.2, -0.15) is 0 Å². The summed E-state index contributed by atoms with van der Waals surface area (Å²) in [5.74, 6) is 1.52. The molecule has 1 aliphatic heterocycles. The van der Waals surface area contributed by atoms with E-state index in [0.717, 1.165) is 42.3 Å². The molecule has 4 heteroatoms. The van der Waals surface area contributed by atoms with E-state index < -0.39 is 0 Å². The van der Waals surface area contributed by atoms with E-state index in [1.54, 1.807) is 0 Å². The molecule has 4 rings (SSSR count). The first kappa shape index (κ1) is 16.2. The number of ether oxygens (including phenoxy) is 1. The van der Waals surface area contributed by atoms with Crippen molar-refractivity contribution >= 4 is 17.4 Å². The molecule has 1 N–H and O–H groups in total. The molecule has 0 fully saturated rings. The second-order valence-corrected chi connectivity index (χ2v) is 6.25. The number of urea groups is 1. The number of rotatable bonds is 3. The average molecular weight is 344 g/mol. The Balaban J connectivity index is 1.44. The highest BCUT2D eigenvalue weighted by Crippen LogP contribution is 2.28. The third-order valence-electron chi connectivity index (χ3n) is 4.44. The van der Waals surface area contributed by atoms with Crippen LogP contribution in [0.15, 0.2) is 78.9 Å². The molecule has 4 nitrogen and oxygen atoms in total. The molecule has 0 bridgehead atoms. The van der Waals surface area contributed by atoms with Crippen molar-refractivity contribution in [1.29, 1.82) is 0 Å². The van der Waals surface area contributed by atoms with Crippen molar-refractivity contribution in [3.63, 3.8) is 0 Å². The van der Waals surface area contributed by atoms with Gasteiger partial charge < -0.3 is 10.1 Å². The largest absolute Gasteiger partial charge is 0.457 e. The summed E-state index contributed by atoms with van der Waals surface area (Å²) in [6.45, 7) is 0.734. The fourth-order valence-corrected chi connectivity index (χ4v) is 3.17. The van der Waals surface area contributed by atoms with Gasteiger partial charge in [-0.25, -0.2) is 4.79 Å². The van der Waals surface area contributed by atoms with Crippen molar-refractivity contribution in [2.75, 3.05) is 16.8 Å². The zero-order chi connectivity index (χ0) is 17.8. The van der Waals surface area contributed by atoms with Gasteiger partial charge in [-0.15, -0.1) is 0 Å². The van der Waals surface area contributed by atoms with Crippen LogP contribution in [0.5, 0.6) is 11.5 Å². The Bertz CT molecular complexity index is 892. The predicted octanol–water partition coefficient (Wildman–Crippen LogP) is 5.46. The summed E-state index contributed by atoms with van der Waals surface area (Å²) in [5.41, 5.74) is 2.97. The van der Waals surface area contributed by atoms with Gasteiger partial charge >= 0.3 is 6.03 Å².